The van der Waals surface area contributed by atoms with Crippen LogP contribution in [0, 0.1) is 0 Å². The Labute approximate surface area is 179 Å². The highest BCUT2D eigenvalue weighted by Gasteiger charge is 2.22. The maximum atomic E-state index is 12.3. The van der Waals surface area contributed by atoms with Crippen molar-refractivity contribution in [3.8, 4) is 22.6 Å². The van der Waals surface area contributed by atoms with E-state index in [1.807, 2.05) is 0 Å². The highest BCUT2D eigenvalue weighted by Crippen LogP contribution is 2.36. The van der Waals surface area contributed by atoms with Gasteiger partial charge in [-0.15, -0.1) is 0 Å². The summed E-state index contributed by atoms with van der Waals surface area (Å²) in [5.74, 6) is 0.372. The predicted molar refractivity (Wildman–Crippen MR) is 113 cm³/mol. The van der Waals surface area contributed by atoms with Crippen molar-refractivity contribution >= 4 is 27.3 Å². The van der Waals surface area contributed by atoms with Crippen molar-refractivity contribution in [3.05, 3.63) is 59.4 Å². The molecule has 3 aromatic rings. The van der Waals surface area contributed by atoms with Crippen molar-refractivity contribution in [2.75, 3.05) is 13.3 Å². The van der Waals surface area contributed by atoms with E-state index < -0.39 is 15.7 Å². The second kappa shape index (κ2) is 8.99. The number of aromatic nitrogens is 1. The molecule has 0 saturated heterocycles. The number of rotatable bonds is 7. The third-order valence-electron chi connectivity index (χ3n) is 4.46. The van der Waals surface area contributed by atoms with Gasteiger partial charge in [-0.05, 0) is 36.8 Å². The first-order valence-electron chi connectivity index (χ1n) is 9.17. The molecule has 1 N–H and O–H groups in total. The molecule has 1 aromatic heterocycles. The summed E-state index contributed by atoms with van der Waals surface area (Å²) in [6.45, 7) is 0. The molecule has 0 aliphatic rings. The Morgan fingerprint density at radius 3 is 2.47 bits per heavy atom. The minimum Gasteiger partial charge on any atom is -0.440 e. The molecule has 0 saturated carbocycles. The Hall–Kier alpha value is -2.68. The number of nitrogens with zero attached hydrogens (tertiary/aromatic N) is 2. The van der Waals surface area contributed by atoms with Crippen LogP contribution in [0.15, 0.2) is 57.8 Å². The lowest BCUT2D eigenvalue weighted by Crippen LogP contribution is -2.22. The summed E-state index contributed by atoms with van der Waals surface area (Å²) in [7, 11) is -2.23. The molecule has 0 atom stereocenters. The molecule has 0 radical (unpaired) electrons. The van der Waals surface area contributed by atoms with Crippen molar-refractivity contribution in [2.45, 2.75) is 24.2 Å². The van der Waals surface area contributed by atoms with Gasteiger partial charge < -0.3 is 4.42 Å². The molecule has 9 heteroatoms. The first-order chi connectivity index (χ1) is 14.2. The summed E-state index contributed by atoms with van der Waals surface area (Å²) in [6.07, 6.45) is 2.03. The zero-order valence-corrected chi connectivity index (χ0v) is 18.1. The highest BCUT2D eigenvalue weighted by atomic mass is 35.5. The van der Waals surface area contributed by atoms with Crippen LogP contribution in [-0.4, -0.2) is 42.9 Å². The number of carbonyl (C=O) groups is 1. The van der Waals surface area contributed by atoms with Crippen LogP contribution in [0.25, 0.3) is 22.6 Å². The molecule has 0 spiro atoms. The zero-order valence-electron chi connectivity index (χ0n) is 16.5. The number of carbonyl (C=O) groups excluding carboxylic acids is 1. The van der Waals surface area contributed by atoms with E-state index in [2.05, 4.69) is 4.98 Å². The van der Waals surface area contributed by atoms with Crippen LogP contribution in [0.3, 0.4) is 0 Å². The Morgan fingerprint density at radius 1 is 1.17 bits per heavy atom. The molecule has 0 aliphatic carbocycles. The molecule has 0 fully saturated rings. The van der Waals surface area contributed by atoms with Gasteiger partial charge in [0.05, 0.1) is 4.90 Å². The summed E-state index contributed by atoms with van der Waals surface area (Å²) < 4.78 is 30.6. The highest BCUT2D eigenvalue weighted by molar-refractivity contribution is 7.90. The third kappa shape index (κ3) is 5.08. The number of oxazole rings is 1. The number of halogens is 1. The average molecular weight is 449 g/mol. The minimum atomic E-state index is -3.50. The zero-order chi connectivity index (χ0) is 21.9. The van der Waals surface area contributed by atoms with E-state index in [1.165, 1.54) is 13.1 Å². The first kappa shape index (κ1) is 22.0. The fraction of sp³-hybridized carbons (Fsp3) is 0.238. The molecule has 1 heterocycles. The van der Waals surface area contributed by atoms with Gasteiger partial charge in [0, 0.05) is 42.3 Å². The molecule has 158 valence electrons. The lowest BCUT2D eigenvalue weighted by Gasteiger charge is -2.07. The van der Waals surface area contributed by atoms with Crippen LogP contribution < -0.4 is 0 Å². The van der Waals surface area contributed by atoms with E-state index in [9.17, 15) is 13.2 Å². The molecule has 3 rings (SSSR count). The van der Waals surface area contributed by atoms with Crippen molar-refractivity contribution in [1.82, 2.24) is 10.0 Å². The Morgan fingerprint density at radius 2 is 1.83 bits per heavy atom. The van der Waals surface area contributed by atoms with Crippen LogP contribution in [0.2, 0.25) is 5.02 Å². The summed E-state index contributed by atoms with van der Waals surface area (Å²) in [5.41, 5.74) is 1.53. The smallest absolute Gasteiger partial charge is 0.245 e. The number of hydrogen-bond donors (Lipinski definition) is 1. The Bertz CT molecular complexity index is 1150. The Balaban J connectivity index is 2.04. The maximum Gasteiger partial charge on any atom is 0.245 e. The molecular weight excluding hydrogens is 428 g/mol. The molecule has 30 heavy (non-hydrogen) atoms. The maximum absolute atomic E-state index is 12.3. The average Bonchev–Trinajstić information content (AvgIpc) is 3.11. The largest absolute Gasteiger partial charge is 0.440 e. The van der Waals surface area contributed by atoms with Gasteiger partial charge in [-0.25, -0.2) is 18.5 Å². The van der Waals surface area contributed by atoms with Crippen molar-refractivity contribution in [2.24, 2.45) is 0 Å². The lowest BCUT2D eigenvalue weighted by atomic mass is 10.1. The van der Waals surface area contributed by atoms with Crippen LogP contribution in [0.5, 0.6) is 0 Å². The summed E-state index contributed by atoms with van der Waals surface area (Å²) in [5, 5.41) is 10.3. The van der Waals surface area contributed by atoms with Crippen molar-refractivity contribution in [3.63, 3.8) is 0 Å². The van der Waals surface area contributed by atoms with Crippen LogP contribution in [-0.2, 0) is 21.1 Å². The van der Waals surface area contributed by atoms with E-state index in [0.29, 0.717) is 51.4 Å². The fourth-order valence-electron chi connectivity index (χ4n) is 2.99. The van der Waals surface area contributed by atoms with Gasteiger partial charge in [-0.2, -0.15) is 0 Å². The molecule has 0 unspecified atom stereocenters. The number of amides is 1. The van der Waals surface area contributed by atoms with Gasteiger partial charge in [0.1, 0.15) is 5.69 Å². The van der Waals surface area contributed by atoms with E-state index >= 15 is 0 Å². The van der Waals surface area contributed by atoms with Crippen LogP contribution in [0.1, 0.15) is 18.7 Å². The van der Waals surface area contributed by atoms with Gasteiger partial charge in [0.15, 0.2) is 21.5 Å². The van der Waals surface area contributed by atoms with Gasteiger partial charge >= 0.3 is 0 Å². The SMILES string of the molecule is CN(O)C(=O)CCCc1nc(-c2ccccc2S(C)(=O)=O)c(-c2ccc(Cl)cc2)o1. The van der Waals surface area contributed by atoms with Crippen LogP contribution in [0.4, 0.5) is 0 Å². The minimum absolute atomic E-state index is 0.126. The predicted octanol–water partition coefficient (Wildman–Crippen LogP) is 4.24. The van der Waals surface area contributed by atoms with Crippen molar-refractivity contribution < 1.29 is 22.8 Å². The van der Waals surface area contributed by atoms with E-state index in [1.54, 1.807) is 42.5 Å². The molecule has 2 aromatic carbocycles. The third-order valence-corrected chi connectivity index (χ3v) is 5.87. The van der Waals surface area contributed by atoms with Gasteiger partial charge in [-0.3, -0.25) is 10.0 Å². The number of hydroxylamine groups is 2. The molecule has 0 bridgehead atoms. The van der Waals surface area contributed by atoms with Gasteiger partial charge in [0.25, 0.3) is 0 Å². The topological polar surface area (TPSA) is 101 Å². The van der Waals surface area contributed by atoms with Gasteiger partial charge in [-0.1, -0.05) is 29.8 Å². The summed E-state index contributed by atoms with van der Waals surface area (Å²) in [4.78, 5) is 16.3. The standard InChI is InChI=1S/C21H21ClN2O5S/c1-24(26)19(25)9-5-8-18-23-20(16-6-3-4-7-17(16)30(2,27)28)21(29-18)14-10-12-15(22)13-11-14/h3-4,6-7,10-13,26H,5,8-9H2,1-2H3. The monoisotopic (exact) mass is 448 g/mol. The van der Waals surface area contributed by atoms with Gasteiger partial charge in [0.2, 0.25) is 5.91 Å². The number of aryl methyl sites for hydroxylation is 1. The number of hydrogen-bond acceptors (Lipinski definition) is 6. The van der Waals surface area contributed by atoms with E-state index in [-0.39, 0.29) is 11.3 Å². The molecule has 7 nitrogen and oxygen atoms in total. The Kier molecular flexibility index (Phi) is 6.60. The lowest BCUT2D eigenvalue weighted by molar-refractivity contribution is -0.159. The quantitative estimate of drug-likeness (QED) is 0.428. The second-order valence-electron chi connectivity index (χ2n) is 6.83. The summed E-state index contributed by atoms with van der Waals surface area (Å²) >= 11 is 5.99. The van der Waals surface area contributed by atoms with Crippen molar-refractivity contribution in [1.29, 1.82) is 0 Å². The normalized spacial score (nSPS) is 11.5. The number of sulfone groups is 1. The molecular formula is C21H21ClN2O5S. The number of benzene rings is 2. The fourth-order valence-corrected chi connectivity index (χ4v) is 4.01. The molecule has 1 amide bonds. The van der Waals surface area contributed by atoms with Crippen LogP contribution >= 0.6 is 11.6 Å². The van der Waals surface area contributed by atoms with E-state index in [4.69, 9.17) is 21.2 Å². The summed E-state index contributed by atoms with van der Waals surface area (Å²) in [6, 6.07) is 13.6. The first-order valence-corrected chi connectivity index (χ1v) is 11.4. The second-order valence-corrected chi connectivity index (χ2v) is 9.25. The molecule has 0 aliphatic heterocycles. The van der Waals surface area contributed by atoms with E-state index in [0.717, 1.165) is 6.26 Å².